The third-order valence-electron chi connectivity index (χ3n) is 4.07. The van der Waals surface area contributed by atoms with Gasteiger partial charge in [-0.05, 0) is 31.7 Å². The Kier molecular flexibility index (Phi) is 5.39. The van der Waals surface area contributed by atoms with Crippen LogP contribution in [-0.2, 0) is 11.3 Å². The number of hydrogen-bond acceptors (Lipinski definition) is 3. The van der Waals surface area contributed by atoms with Crippen molar-refractivity contribution >= 4 is 5.91 Å². The molecule has 2 heterocycles. The van der Waals surface area contributed by atoms with Crippen LogP contribution in [0.2, 0.25) is 0 Å². The Bertz CT molecular complexity index is 436. The van der Waals surface area contributed by atoms with Crippen LogP contribution < -0.4 is 5.32 Å². The fraction of sp³-hybridized carbons (Fsp3) is 0.750. The second-order valence-corrected chi connectivity index (χ2v) is 7.11. The highest BCUT2D eigenvalue weighted by Crippen LogP contribution is 2.20. The molecule has 0 aromatic carbocycles. The van der Waals surface area contributed by atoms with Crippen LogP contribution in [0.15, 0.2) is 12.5 Å². The zero-order valence-corrected chi connectivity index (χ0v) is 13.5. The van der Waals surface area contributed by atoms with Gasteiger partial charge in [-0.2, -0.15) is 0 Å². The van der Waals surface area contributed by atoms with E-state index >= 15 is 0 Å². The number of amides is 1. The van der Waals surface area contributed by atoms with Crippen molar-refractivity contribution in [2.24, 2.45) is 11.3 Å². The maximum absolute atomic E-state index is 11.8. The van der Waals surface area contributed by atoms with Crippen LogP contribution in [0.1, 0.15) is 45.7 Å². The van der Waals surface area contributed by atoms with Crippen LogP contribution in [0.25, 0.3) is 0 Å². The summed E-state index contributed by atoms with van der Waals surface area (Å²) in [4.78, 5) is 21.6. The average molecular weight is 292 g/mol. The van der Waals surface area contributed by atoms with Crippen LogP contribution in [0.3, 0.4) is 0 Å². The number of nitrogens with one attached hydrogen (secondary N) is 2. The van der Waals surface area contributed by atoms with Crippen LogP contribution in [0.5, 0.6) is 0 Å². The fourth-order valence-corrected chi connectivity index (χ4v) is 2.80. The second-order valence-electron chi connectivity index (χ2n) is 7.11. The lowest BCUT2D eigenvalue weighted by atomic mass is 9.93. The summed E-state index contributed by atoms with van der Waals surface area (Å²) in [5, 5.41) is 3.06. The molecule has 1 saturated heterocycles. The number of H-pyrrole nitrogens is 1. The number of rotatable bonds is 5. The minimum absolute atomic E-state index is 0.146. The van der Waals surface area contributed by atoms with Crippen LogP contribution in [0, 0.1) is 11.3 Å². The number of carbonyl (C=O) groups excluding carboxylic acids is 1. The number of nitrogens with zero attached hydrogens (tertiary/aromatic N) is 2. The number of likely N-dealkylation sites (tertiary alicyclic amines) is 1. The molecule has 0 radical (unpaired) electrons. The molecule has 21 heavy (non-hydrogen) atoms. The van der Waals surface area contributed by atoms with Gasteiger partial charge in [0.2, 0.25) is 5.91 Å². The van der Waals surface area contributed by atoms with Crippen molar-refractivity contribution in [3.05, 3.63) is 18.2 Å². The molecule has 5 heteroatoms. The van der Waals surface area contributed by atoms with Crippen LogP contribution >= 0.6 is 0 Å². The molecule has 2 N–H and O–H groups in total. The molecule has 2 rings (SSSR count). The summed E-state index contributed by atoms with van der Waals surface area (Å²) in [6.07, 6.45) is 7.21. The van der Waals surface area contributed by atoms with Crippen molar-refractivity contribution in [2.45, 2.75) is 46.6 Å². The van der Waals surface area contributed by atoms with Crippen molar-refractivity contribution in [2.75, 3.05) is 19.6 Å². The largest absolute Gasteiger partial charge is 0.356 e. The summed E-state index contributed by atoms with van der Waals surface area (Å²) in [7, 11) is 0. The highest BCUT2D eigenvalue weighted by molar-refractivity contribution is 5.81. The fourth-order valence-electron chi connectivity index (χ4n) is 2.80. The Labute approximate surface area is 127 Å². The normalized spacial score (nSPS) is 20.4. The summed E-state index contributed by atoms with van der Waals surface area (Å²) < 4.78 is 0. The SMILES string of the molecule is CC(C)(C)C(=O)NCCC1CCCN(Cc2cnc[nH]2)C1. The first-order valence-corrected chi connectivity index (χ1v) is 7.93. The molecule has 1 aliphatic heterocycles. The molecule has 118 valence electrons. The first-order valence-electron chi connectivity index (χ1n) is 7.93. The van der Waals surface area contributed by atoms with Gasteiger partial charge >= 0.3 is 0 Å². The molecule has 1 atom stereocenters. The van der Waals surface area contributed by atoms with Gasteiger partial charge in [-0.3, -0.25) is 9.69 Å². The lowest BCUT2D eigenvalue weighted by Gasteiger charge is -2.32. The topological polar surface area (TPSA) is 61.0 Å². The molecule has 0 bridgehead atoms. The van der Waals surface area contributed by atoms with Gasteiger partial charge in [0.05, 0.1) is 6.33 Å². The van der Waals surface area contributed by atoms with Gasteiger partial charge < -0.3 is 10.3 Å². The predicted octanol–water partition coefficient (Wildman–Crippen LogP) is 2.17. The number of hydrogen-bond donors (Lipinski definition) is 2. The summed E-state index contributed by atoms with van der Waals surface area (Å²) in [6.45, 7) is 9.87. The summed E-state index contributed by atoms with van der Waals surface area (Å²) >= 11 is 0. The zero-order valence-electron chi connectivity index (χ0n) is 13.5. The second kappa shape index (κ2) is 7.07. The van der Waals surface area contributed by atoms with Crippen molar-refractivity contribution in [1.82, 2.24) is 20.2 Å². The third kappa shape index (κ3) is 5.16. The molecule has 0 saturated carbocycles. The molecule has 1 aliphatic rings. The van der Waals surface area contributed by atoms with Crippen molar-refractivity contribution in [1.29, 1.82) is 0 Å². The number of piperidine rings is 1. The Hall–Kier alpha value is -1.36. The molecular formula is C16H28N4O. The van der Waals surface area contributed by atoms with Gasteiger partial charge in [0.25, 0.3) is 0 Å². The molecule has 1 unspecified atom stereocenters. The van der Waals surface area contributed by atoms with E-state index in [1.54, 1.807) is 6.33 Å². The van der Waals surface area contributed by atoms with E-state index in [-0.39, 0.29) is 11.3 Å². The van der Waals surface area contributed by atoms with Gasteiger partial charge in [-0.1, -0.05) is 20.8 Å². The lowest BCUT2D eigenvalue weighted by Crippen LogP contribution is -2.39. The lowest BCUT2D eigenvalue weighted by molar-refractivity contribution is -0.128. The van der Waals surface area contributed by atoms with E-state index in [4.69, 9.17) is 0 Å². The smallest absolute Gasteiger partial charge is 0.225 e. The van der Waals surface area contributed by atoms with E-state index in [1.807, 2.05) is 27.0 Å². The van der Waals surface area contributed by atoms with Crippen LogP contribution in [0.4, 0.5) is 0 Å². The Morgan fingerprint density at radius 3 is 3.00 bits per heavy atom. The summed E-state index contributed by atoms with van der Waals surface area (Å²) in [5.41, 5.74) is 0.885. The number of aromatic nitrogens is 2. The molecule has 1 amide bonds. The van der Waals surface area contributed by atoms with Crippen LogP contribution in [-0.4, -0.2) is 40.4 Å². The quantitative estimate of drug-likeness (QED) is 0.874. The first kappa shape index (κ1) is 16.0. The van der Waals surface area contributed by atoms with Gasteiger partial charge in [0.1, 0.15) is 0 Å². The molecule has 1 fully saturated rings. The Morgan fingerprint density at radius 1 is 1.52 bits per heavy atom. The van der Waals surface area contributed by atoms with Crippen molar-refractivity contribution < 1.29 is 4.79 Å². The number of carbonyl (C=O) groups is 1. The number of imidazole rings is 1. The third-order valence-corrected chi connectivity index (χ3v) is 4.07. The molecule has 5 nitrogen and oxygen atoms in total. The molecule has 0 aliphatic carbocycles. The van der Waals surface area contributed by atoms with Gasteiger partial charge in [0.15, 0.2) is 0 Å². The zero-order chi connectivity index (χ0) is 15.3. The van der Waals surface area contributed by atoms with Gasteiger partial charge in [-0.25, -0.2) is 4.98 Å². The van der Waals surface area contributed by atoms with E-state index in [0.29, 0.717) is 5.92 Å². The predicted molar refractivity (Wildman–Crippen MR) is 83.7 cm³/mol. The molecule has 0 spiro atoms. The minimum Gasteiger partial charge on any atom is -0.356 e. The standard InChI is InChI=1S/C16H28N4O/c1-16(2,3)15(21)18-7-6-13-5-4-8-20(10-13)11-14-9-17-12-19-14/h9,12-13H,4-8,10-11H2,1-3H3,(H,17,19)(H,18,21). The van der Waals surface area contributed by atoms with E-state index in [9.17, 15) is 4.79 Å². The number of aromatic amines is 1. The van der Waals surface area contributed by atoms with Gasteiger partial charge in [0, 0.05) is 36.9 Å². The van der Waals surface area contributed by atoms with Gasteiger partial charge in [-0.15, -0.1) is 0 Å². The van der Waals surface area contributed by atoms with Crippen molar-refractivity contribution in [3.8, 4) is 0 Å². The molecule has 1 aromatic heterocycles. The highest BCUT2D eigenvalue weighted by Gasteiger charge is 2.23. The van der Waals surface area contributed by atoms with Crippen molar-refractivity contribution in [3.63, 3.8) is 0 Å². The Morgan fingerprint density at radius 2 is 2.33 bits per heavy atom. The van der Waals surface area contributed by atoms with E-state index < -0.39 is 0 Å². The summed E-state index contributed by atoms with van der Waals surface area (Å²) in [5.74, 6) is 0.828. The highest BCUT2D eigenvalue weighted by atomic mass is 16.2. The maximum Gasteiger partial charge on any atom is 0.225 e. The maximum atomic E-state index is 11.8. The van der Waals surface area contributed by atoms with E-state index in [2.05, 4.69) is 20.2 Å². The van der Waals surface area contributed by atoms with E-state index in [1.165, 1.54) is 18.5 Å². The monoisotopic (exact) mass is 292 g/mol. The van der Waals surface area contributed by atoms with E-state index in [0.717, 1.165) is 32.6 Å². The molecule has 1 aromatic rings. The average Bonchev–Trinajstić information content (AvgIpc) is 2.91. The summed E-state index contributed by atoms with van der Waals surface area (Å²) in [6, 6.07) is 0. The molecular weight excluding hydrogens is 264 g/mol. The first-order chi connectivity index (χ1) is 9.95. The Balaban J connectivity index is 1.70. The minimum atomic E-state index is -0.292.